The van der Waals surface area contributed by atoms with E-state index in [0.717, 1.165) is 16.7 Å². The lowest BCUT2D eigenvalue weighted by Crippen LogP contribution is -2.11. The molecule has 0 saturated heterocycles. The van der Waals surface area contributed by atoms with E-state index in [4.69, 9.17) is 9.47 Å². The summed E-state index contributed by atoms with van der Waals surface area (Å²) < 4.78 is 10.9. The Hall–Kier alpha value is -3.86. The second-order valence-electron chi connectivity index (χ2n) is 6.85. The number of amides is 1. The summed E-state index contributed by atoms with van der Waals surface area (Å²) in [4.78, 5) is 24.1. The smallest absolute Gasteiger partial charge is 0.330 e. The average Bonchev–Trinajstić information content (AvgIpc) is 2.90. The van der Waals surface area contributed by atoms with E-state index in [-0.39, 0.29) is 11.9 Å². The van der Waals surface area contributed by atoms with E-state index in [9.17, 15) is 9.59 Å². The van der Waals surface area contributed by atoms with Crippen LogP contribution in [0.4, 0.5) is 5.69 Å². The molecule has 0 aliphatic carbocycles. The van der Waals surface area contributed by atoms with Crippen LogP contribution in [0, 0.1) is 0 Å². The fourth-order valence-corrected chi connectivity index (χ4v) is 3.31. The Labute approximate surface area is 175 Å². The molecule has 0 unspecified atom stereocenters. The number of nitrogens with one attached hydrogen (secondary N) is 1. The van der Waals surface area contributed by atoms with Crippen LogP contribution in [0.5, 0.6) is 11.5 Å². The molecule has 1 aliphatic heterocycles. The molecule has 3 aromatic rings. The van der Waals surface area contributed by atoms with E-state index in [1.165, 1.54) is 6.08 Å². The topological polar surface area (TPSA) is 64.6 Å². The first-order valence-electron chi connectivity index (χ1n) is 9.78. The van der Waals surface area contributed by atoms with Crippen LogP contribution in [0.25, 0.3) is 6.08 Å². The van der Waals surface area contributed by atoms with Gasteiger partial charge in [0, 0.05) is 6.08 Å². The van der Waals surface area contributed by atoms with Crippen molar-refractivity contribution in [1.82, 2.24) is 0 Å². The molecule has 1 heterocycles. The minimum Gasteiger partial charge on any atom is -0.463 e. The van der Waals surface area contributed by atoms with Crippen molar-refractivity contribution in [2.24, 2.45) is 0 Å². The van der Waals surface area contributed by atoms with E-state index in [1.807, 2.05) is 54.6 Å². The van der Waals surface area contributed by atoms with Gasteiger partial charge in [-0.2, -0.15) is 0 Å². The highest BCUT2D eigenvalue weighted by molar-refractivity contribution is 6.08. The number of benzene rings is 3. The molecule has 0 spiro atoms. The van der Waals surface area contributed by atoms with E-state index in [0.29, 0.717) is 35.8 Å². The summed E-state index contributed by atoms with van der Waals surface area (Å²) in [5.74, 6) is 0.630. The molecule has 0 aromatic heterocycles. The number of rotatable bonds is 5. The van der Waals surface area contributed by atoms with Crippen molar-refractivity contribution >= 4 is 23.6 Å². The first kappa shape index (κ1) is 19.5. The summed E-state index contributed by atoms with van der Waals surface area (Å²) in [6.45, 7) is 2.13. The van der Waals surface area contributed by atoms with E-state index >= 15 is 0 Å². The Kier molecular flexibility index (Phi) is 5.61. The van der Waals surface area contributed by atoms with Gasteiger partial charge < -0.3 is 14.8 Å². The van der Waals surface area contributed by atoms with E-state index < -0.39 is 0 Å². The Bertz CT molecular complexity index is 1120. The average molecular weight is 399 g/mol. The van der Waals surface area contributed by atoms with Crippen molar-refractivity contribution in [2.75, 3.05) is 11.9 Å². The molecule has 0 radical (unpaired) electrons. The third-order valence-electron chi connectivity index (χ3n) is 4.78. The number of carbonyl (C=O) groups excluding carboxylic acids is 2. The predicted octanol–water partition coefficient (Wildman–Crippen LogP) is 5.21. The molecule has 1 N–H and O–H groups in total. The highest BCUT2D eigenvalue weighted by Crippen LogP contribution is 2.38. The zero-order valence-electron chi connectivity index (χ0n) is 16.6. The summed E-state index contributed by atoms with van der Waals surface area (Å²) in [6.07, 6.45) is 3.77. The van der Waals surface area contributed by atoms with Gasteiger partial charge in [-0.05, 0) is 54.3 Å². The number of ether oxygens (including phenoxy) is 2. The van der Waals surface area contributed by atoms with Gasteiger partial charge in [-0.3, -0.25) is 4.79 Å². The Morgan fingerprint density at radius 3 is 2.57 bits per heavy atom. The fraction of sp³-hybridized carbons (Fsp3) is 0.120. The van der Waals surface area contributed by atoms with Crippen molar-refractivity contribution in [3.63, 3.8) is 0 Å². The molecule has 30 heavy (non-hydrogen) atoms. The molecular weight excluding hydrogens is 378 g/mol. The minimum absolute atomic E-state index is 0.184. The van der Waals surface area contributed by atoms with Crippen molar-refractivity contribution in [2.45, 2.75) is 13.3 Å². The summed E-state index contributed by atoms with van der Waals surface area (Å²) in [7, 11) is 0. The number of hydrogen-bond donors (Lipinski definition) is 1. The normalized spacial score (nSPS) is 12.4. The Morgan fingerprint density at radius 2 is 1.77 bits per heavy atom. The first-order valence-corrected chi connectivity index (χ1v) is 9.78. The van der Waals surface area contributed by atoms with Gasteiger partial charge in [-0.15, -0.1) is 0 Å². The standard InChI is InChI=1S/C25H21NO4/c1-2-29-23(27)15-14-17-10-12-18(13-11-17)16-19-6-5-9-22-24(19)26-25(28)20-7-3-4-8-21(20)30-22/h3-15H,2,16H2,1H3,(H,26,28). The van der Waals surface area contributed by atoms with Gasteiger partial charge in [0.2, 0.25) is 0 Å². The maximum Gasteiger partial charge on any atom is 0.330 e. The van der Waals surface area contributed by atoms with Crippen molar-refractivity contribution < 1.29 is 19.1 Å². The molecule has 0 saturated carbocycles. The van der Waals surface area contributed by atoms with Gasteiger partial charge in [0.1, 0.15) is 5.75 Å². The number of carbonyl (C=O) groups is 2. The van der Waals surface area contributed by atoms with Crippen LogP contribution >= 0.6 is 0 Å². The van der Waals surface area contributed by atoms with Crippen molar-refractivity contribution in [3.05, 3.63) is 95.1 Å². The largest absolute Gasteiger partial charge is 0.463 e. The third-order valence-corrected chi connectivity index (χ3v) is 4.78. The lowest BCUT2D eigenvalue weighted by Gasteiger charge is -2.13. The molecule has 0 bridgehead atoms. The minimum atomic E-state index is -0.356. The third kappa shape index (κ3) is 4.25. The van der Waals surface area contributed by atoms with Gasteiger partial charge >= 0.3 is 5.97 Å². The quantitative estimate of drug-likeness (QED) is 0.472. The summed E-state index contributed by atoms with van der Waals surface area (Å²) >= 11 is 0. The number of para-hydroxylation sites is 2. The van der Waals surface area contributed by atoms with Gasteiger partial charge in [0.15, 0.2) is 5.75 Å². The maximum absolute atomic E-state index is 12.7. The fourth-order valence-electron chi connectivity index (χ4n) is 3.31. The second-order valence-corrected chi connectivity index (χ2v) is 6.85. The summed E-state index contributed by atoms with van der Waals surface area (Å²) in [6, 6.07) is 20.8. The molecule has 1 aliphatic rings. The first-order chi connectivity index (χ1) is 14.6. The second kappa shape index (κ2) is 8.66. The summed E-state index contributed by atoms with van der Waals surface area (Å²) in [5, 5.41) is 3.00. The van der Waals surface area contributed by atoms with Crippen LogP contribution in [0.15, 0.2) is 72.8 Å². The van der Waals surface area contributed by atoms with Crippen molar-refractivity contribution in [1.29, 1.82) is 0 Å². The molecule has 5 nitrogen and oxygen atoms in total. The van der Waals surface area contributed by atoms with E-state index in [2.05, 4.69) is 5.32 Å². The summed E-state index contributed by atoms with van der Waals surface area (Å²) in [5.41, 5.74) is 4.14. The number of hydrogen-bond acceptors (Lipinski definition) is 4. The Morgan fingerprint density at radius 1 is 1.00 bits per heavy atom. The Balaban J connectivity index is 1.55. The molecule has 150 valence electrons. The van der Waals surface area contributed by atoms with Crippen LogP contribution in [0.3, 0.4) is 0 Å². The van der Waals surface area contributed by atoms with Crippen LogP contribution < -0.4 is 10.1 Å². The highest BCUT2D eigenvalue weighted by Gasteiger charge is 2.22. The zero-order chi connectivity index (χ0) is 20.9. The van der Waals surface area contributed by atoms with Crippen LogP contribution in [0.1, 0.15) is 34.0 Å². The SMILES string of the molecule is CCOC(=O)C=Cc1ccc(Cc2cccc3c2NC(=O)c2ccccc2O3)cc1. The predicted molar refractivity (Wildman–Crippen MR) is 116 cm³/mol. The number of esters is 1. The van der Waals surface area contributed by atoms with Gasteiger partial charge in [0.05, 0.1) is 17.9 Å². The van der Waals surface area contributed by atoms with E-state index in [1.54, 1.807) is 25.1 Å². The molecule has 1 amide bonds. The molecule has 0 fully saturated rings. The van der Waals surface area contributed by atoms with Gasteiger partial charge in [-0.25, -0.2) is 4.79 Å². The maximum atomic E-state index is 12.7. The lowest BCUT2D eigenvalue weighted by molar-refractivity contribution is -0.137. The lowest BCUT2D eigenvalue weighted by atomic mass is 10.0. The van der Waals surface area contributed by atoms with Crippen LogP contribution in [0.2, 0.25) is 0 Å². The number of fused-ring (bicyclic) bond motifs is 2. The van der Waals surface area contributed by atoms with Gasteiger partial charge in [0.25, 0.3) is 5.91 Å². The highest BCUT2D eigenvalue weighted by atomic mass is 16.5. The molecular formula is C25H21NO4. The molecule has 3 aromatic carbocycles. The monoisotopic (exact) mass is 399 g/mol. The van der Waals surface area contributed by atoms with Crippen molar-refractivity contribution in [3.8, 4) is 11.5 Å². The number of anilines is 1. The molecule has 5 heteroatoms. The van der Waals surface area contributed by atoms with Crippen LogP contribution in [-0.4, -0.2) is 18.5 Å². The molecule has 0 atom stereocenters. The van der Waals surface area contributed by atoms with Gasteiger partial charge in [-0.1, -0.05) is 48.5 Å². The zero-order valence-corrected chi connectivity index (χ0v) is 16.6. The van der Waals surface area contributed by atoms with Crippen LogP contribution in [-0.2, 0) is 16.0 Å². The molecule has 4 rings (SSSR count).